The summed E-state index contributed by atoms with van der Waals surface area (Å²) in [5.74, 6) is -0.876. The molecule has 76 valence electrons. The van der Waals surface area contributed by atoms with Crippen LogP contribution in [0.15, 0.2) is 24.3 Å². The molecule has 0 saturated heterocycles. The number of nitrogens with zero attached hydrogens (tertiary/aromatic N) is 2. The van der Waals surface area contributed by atoms with Crippen LogP contribution in [-0.2, 0) is 0 Å². The minimum absolute atomic E-state index is 0.133. The van der Waals surface area contributed by atoms with Gasteiger partial charge in [-0.15, -0.1) is 0 Å². The molecule has 4 nitrogen and oxygen atoms in total. The van der Waals surface area contributed by atoms with Gasteiger partial charge in [-0.25, -0.2) is 0 Å². The predicted molar refractivity (Wildman–Crippen MR) is 52.3 cm³/mol. The van der Waals surface area contributed by atoms with Crippen LogP contribution in [0.3, 0.4) is 0 Å². The van der Waals surface area contributed by atoms with Gasteiger partial charge in [-0.3, -0.25) is 10.1 Å². The first kappa shape index (κ1) is 10.9. The molecule has 0 heterocycles. The van der Waals surface area contributed by atoms with E-state index in [2.05, 4.69) is 0 Å². The number of nitro groups is 1. The van der Waals surface area contributed by atoms with Crippen molar-refractivity contribution in [3.8, 4) is 6.07 Å². The SMILES string of the molecule is N#CCC=Cc1cccc(F)c1[N+](=O)[O-]. The van der Waals surface area contributed by atoms with Crippen molar-refractivity contribution in [1.82, 2.24) is 0 Å². The topological polar surface area (TPSA) is 66.9 Å². The van der Waals surface area contributed by atoms with E-state index in [1.165, 1.54) is 24.3 Å². The number of rotatable bonds is 3. The lowest BCUT2D eigenvalue weighted by Gasteiger charge is -1.97. The number of benzene rings is 1. The van der Waals surface area contributed by atoms with Crippen LogP contribution in [0.1, 0.15) is 12.0 Å². The molecular formula is C10H7FN2O2. The second-order valence-corrected chi connectivity index (χ2v) is 2.70. The van der Waals surface area contributed by atoms with Gasteiger partial charge in [0.1, 0.15) is 0 Å². The molecule has 0 spiro atoms. The zero-order valence-corrected chi connectivity index (χ0v) is 7.68. The fourth-order valence-corrected chi connectivity index (χ4v) is 1.10. The first-order valence-electron chi connectivity index (χ1n) is 4.13. The van der Waals surface area contributed by atoms with E-state index in [0.29, 0.717) is 0 Å². The Morgan fingerprint density at radius 3 is 2.93 bits per heavy atom. The molecular weight excluding hydrogens is 199 g/mol. The molecule has 0 fully saturated rings. The minimum atomic E-state index is -0.876. The van der Waals surface area contributed by atoms with Crippen molar-refractivity contribution in [1.29, 1.82) is 5.26 Å². The summed E-state index contributed by atoms with van der Waals surface area (Å²) in [7, 11) is 0. The molecule has 0 radical (unpaired) electrons. The van der Waals surface area contributed by atoms with E-state index in [-0.39, 0.29) is 12.0 Å². The highest BCUT2D eigenvalue weighted by atomic mass is 19.1. The summed E-state index contributed by atoms with van der Waals surface area (Å²) < 4.78 is 13.1. The average Bonchev–Trinajstić information content (AvgIpc) is 2.17. The van der Waals surface area contributed by atoms with Gasteiger partial charge < -0.3 is 0 Å². The van der Waals surface area contributed by atoms with Crippen LogP contribution in [0.4, 0.5) is 10.1 Å². The smallest absolute Gasteiger partial charge is 0.258 e. The van der Waals surface area contributed by atoms with E-state index >= 15 is 0 Å². The molecule has 0 amide bonds. The maximum absolute atomic E-state index is 13.1. The summed E-state index contributed by atoms with van der Waals surface area (Å²) in [6.45, 7) is 0. The van der Waals surface area contributed by atoms with Crippen LogP contribution < -0.4 is 0 Å². The van der Waals surface area contributed by atoms with Crippen molar-refractivity contribution in [3.63, 3.8) is 0 Å². The molecule has 0 saturated carbocycles. The molecule has 0 bridgehead atoms. The van der Waals surface area contributed by atoms with Gasteiger partial charge in [-0.2, -0.15) is 9.65 Å². The van der Waals surface area contributed by atoms with Crippen LogP contribution in [0.5, 0.6) is 0 Å². The molecule has 1 rings (SSSR count). The number of hydrogen-bond donors (Lipinski definition) is 0. The molecule has 5 heteroatoms. The van der Waals surface area contributed by atoms with Gasteiger partial charge in [-0.1, -0.05) is 18.2 Å². The number of nitro benzene ring substituents is 1. The summed E-state index contributed by atoms with van der Waals surface area (Å²) in [5.41, 5.74) is -0.401. The summed E-state index contributed by atoms with van der Waals surface area (Å²) in [6, 6.07) is 5.69. The maximum atomic E-state index is 13.1. The minimum Gasteiger partial charge on any atom is -0.258 e. The van der Waals surface area contributed by atoms with E-state index in [1.54, 1.807) is 0 Å². The van der Waals surface area contributed by atoms with Crippen molar-refractivity contribution < 1.29 is 9.31 Å². The Labute approximate surface area is 85.4 Å². The normalized spacial score (nSPS) is 10.1. The Balaban J connectivity index is 3.13. The number of para-hydroxylation sites is 1. The maximum Gasteiger partial charge on any atom is 0.311 e. The lowest BCUT2D eigenvalue weighted by Crippen LogP contribution is -1.95. The molecule has 1 aromatic rings. The first-order valence-corrected chi connectivity index (χ1v) is 4.13. The van der Waals surface area contributed by atoms with Crippen LogP contribution in [0.2, 0.25) is 0 Å². The van der Waals surface area contributed by atoms with Crippen molar-refractivity contribution >= 4 is 11.8 Å². The van der Waals surface area contributed by atoms with Crippen LogP contribution >= 0.6 is 0 Å². The largest absolute Gasteiger partial charge is 0.311 e. The zero-order valence-electron chi connectivity index (χ0n) is 7.68. The van der Waals surface area contributed by atoms with Gasteiger partial charge in [0, 0.05) is 0 Å². The Hall–Kier alpha value is -2.22. The van der Waals surface area contributed by atoms with Gasteiger partial charge in [-0.05, 0) is 12.1 Å². The fraction of sp³-hybridized carbons (Fsp3) is 0.100. The average molecular weight is 206 g/mol. The molecule has 0 aliphatic carbocycles. The second-order valence-electron chi connectivity index (χ2n) is 2.70. The summed E-state index contributed by atoms with van der Waals surface area (Å²) in [6.07, 6.45) is 2.94. The molecule has 0 aliphatic heterocycles. The first-order chi connectivity index (χ1) is 7.16. The van der Waals surface area contributed by atoms with E-state index in [9.17, 15) is 14.5 Å². The quantitative estimate of drug-likeness (QED) is 0.564. The molecule has 0 aliphatic rings. The number of allylic oxidation sites excluding steroid dienone is 1. The Kier molecular flexibility index (Phi) is 3.52. The molecule has 15 heavy (non-hydrogen) atoms. The van der Waals surface area contributed by atoms with E-state index in [4.69, 9.17) is 5.26 Å². The van der Waals surface area contributed by atoms with Crippen LogP contribution in [0, 0.1) is 27.3 Å². The highest BCUT2D eigenvalue weighted by Crippen LogP contribution is 2.23. The van der Waals surface area contributed by atoms with E-state index in [1.807, 2.05) is 6.07 Å². The number of hydrogen-bond acceptors (Lipinski definition) is 3. The van der Waals surface area contributed by atoms with E-state index < -0.39 is 16.4 Å². The summed E-state index contributed by atoms with van der Waals surface area (Å²) in [4.78, 5) is 9.77. The van der Waals surface area contributed by atoms with E-state index in [0.717, 1.165) is 6.07 Å². The molecule has 0 aromatic heterocycles. The zero-order chi connectivity index (χ0) is 11.3. The molecule has 1 aromatic carbocycles. The third kappa shape index (κ3) is 2.61. The third-order valence-corrected chi connectivity index (χ3v) is 1.71. The monoisotopic (exact) mass is 206 g/mol. The molecule has 0 unspecified atom stereocenters. The van der Waals surface area contributed by atoms with Gasteiger partial charge in [0.25, 0.3) is 0 Å². The Bertz CT molecular complexity index is 449. The molecule has 0 N–H and O–H groups in total. The predicted octanol–water partition coefficient (Wildman–Crippen LogP) is 2.66. The highest BCUT2D eigenvalue weighted by molar-refractivity contribution is 5.61. The number of nitriles is 1. The highest BCUT2D eigenvalue weighted by Gasteiger charge is 2.17. The van der Waals surface area contributed by atoms with Crippen molar-refractivity contribution in [3.05, 3.63) is 45.8 Å². The van der Waals surface area contributed by atoms with Crippen LogP contribution in [-0.4, -0.2) is 4.92 Å². The fourth-order valence-electron chi connectivity index (χ4n) is 1.10. The van der Waals surface area contributed by atoms with Gasteiger partial charge in [0.15, 0.2) is 0 Å². The van der Waals surface area contributed by atoms with Gasteiger partial charge >= 0.3 is 5.69 Å². The Morgan fingerprint density at radius 1 is 1.60 bits per heavy atom. The van der Waals surface area contributed by atoms with Gasteiger partial charge in [0.2, 0.25) is 5.82 Å². The second kappa shape index (κ2) is 4.86. The van der Waals surface area contributed by atoms with Crippen molar-refractivity contribution in [2.75, 3.05) is 0 Å². The standard InChI is InChI=1S/C10H7FN2O2/c11-9-6-3-5-8(4-1-2-7-12)10(9)13(14)15/h1,3-6H,2H2. The summed E-state index contributed by atoms with van der Waals surface area (Å²) >= 11 is 0. The van der Waals surface area contributed by atoms with Crippen molar-refractivity contribution in [2.24, 2.45) is 0 Å². The lowest BCUT2D eigenvalue weighted by atomic mass is 10.1. The molecule has 0 atom stereocenters. The van der Waals surface area contributed by atoms with Crippen LogP contribution in [0.25, 0.3) is 6.08 Å². The number of halogens is 1. The lowest BCUT2D eigenvalue weighted by molar-refractivity contribution is -0.387. The summed E-state index contributed by atoms with van der Waals surface area (Å²) in [5, 5.41) is 18.8. The van der Waals surface area contributed by atoms with Gasteiger partial charge in [0.05, 0.1) is 23.0 Å². The van der Waals surface area contributed by atoms with Crippen molar-refractivity contribution in [2.45, 2.75) is 6.42 Å². The Morgan fingerprint density at radius 2 is 2.33 bits per heavy atom. The third-order valence-electron chi connectivity index (χ3n) is 1.71.